The zero-order valence-corrected chi connectivity index (χ0v) is 11.6. The average molecular weight is 298 g/mol. The summed E-state index contributed by atoms with van der Waals surface area (Å²) in [6, 6.07) is 16.0. The fourth-order valence-electron chi connectivity index (χ4n) is 1.80. The third kappa shape index (κ3) is 3.96. The number of ether oxygens (including phenoxy) is 1. The summed E-state index contributed by atoms with van der Waals surface area (Å²) in [5.74, 6) is -2.92. The number of aliphatic carboxylic acids is 1. The molecule has 0 atom stereocenters. The summed E-state index contributed by atoms with van der Waals surface area (Å²) in [7, 11) is 0. The van der Waals surface area contributed by atoms with Gasteiger partial charge < -0.3 is 14.9 Å². The van der Waals surface area contributed by atoms with E-state index in [1.54, 1.807) is 24.3 Å². The minimum Gasteiger partial charge on any atom is -0.507 e. The molecule has 0 aromatic heterocycles. The van der Waals surface area contributed by atoms with Gasteiger partial charge in [-0.3, -0.25) is 4.79 Å². The van der Waals surface area contributed by atoms with Crippen molar-refractivity contribution in [3.05, 3.63) is 71.8 Å². The number of carboxylic acid groups (broad SMARTS) is 1. The minimum atomic E-state index is -1.63. The van der Waals surface area contributed by atoms with Crippen LogP contribution in [0.2, 0.25) is 0 Å². The highest BCUT2D eigenvalue weighted by Gasteiger charge is 2.13. The van der Waals surface area contributed by atoms with Crippen molar-refractivity contribution < 1.29 is 24.5 Å². The number of hydrogen-bond acceptors (Lipinski definition) is 4. The van der Waals surface area contributed by atoms with E-state index in [4.69, 9.17) is 9.84 Å². The van der Waals surface area contributed by atoms with Crippen LogP contribution in [0.4, 0.5) is 0 Å². The smallest absolute Gasteiger partial charge is 0.376 e. The third-order valence-corrected chi connectivity index (χ3v) is 2.88. The van der Waals surface area contributed by atoms with E-state index in [0.29, 0.717) is 11.8 Å². The summed E-state index contributed by atoms with van der Waals surface area (Å²) >= 11 is 0. The van der Waals surface area contributed by atoms with Gasteiger partial charge in [0, 0.05) is 6.08 Å². The Bertz CT molecular complexity index is 704. The molecule has 0 aliphatic heterocycles. The maximum Gasteiger partial charge on any atom is 0.376 e. The van der Waals surface area contributed by atoms with Crippen molar-refractivity contribution in [2.75, 3.05) is 0 Å². The molecule has 0 saturated carbocycles. The average Bonchev–Trinajstić information content (AvgIpc) is 2.54. The van der Waals surface area contributed by atoms with Gasteiger partial charge in [-0.2, -0.15) is 0 Å². The quantitative estimate of drug-likeness (QED) is 0.486. The van der Waals surface area contributed by atoms with Crippen LogP contribution in [0.15, 0.2) is 60.7 Å². The van der Waals surface area contributed by atoms with E-state index < -0.39 is 17.5 Å². The number of ketones is 1. The molecule has 0 saturated heterocycles. The Hall–Kier alpha value is -3.08. The highest BCUT2D eigenvalue weighted by molar-refractivity contribution is 6.38. The van der Waals surface area contributed by atoms with Crippen molar-refractivity contribution in [1.82, 2.24) is 0 Å². The van der Waals surface area contributed by atoms with Gasteiger partial charge in [0.15, 0.2) is 0 Å². The zero-order valence-electron chi connectivity index (χ0n) is 11.6. The predicted molar refractivity (Wildman–Crippen MR) is 80.5 cm³/mol. The molecule has 22 heavy (non-hydrogen) atoms. The molecule has 0 aliphatic rings. The van der Waals surface area contributed by atoms with Gasteiger partial charge in [-0.15, -0.1) is 0 Å². The van der Waals surface area contributed by atoms with Gasteiger partial charge in [0.2, 0.25) is 0 Å². The molecule has 112 valence electrons. The molecule has 2 N–H and O–H groups in total. The number of carbonyl (C=O) groups is 2. The molecule has 0 bridgehead atoms. The zero-order chi connectivity index (χ0) is 15.9. The molecule has 5 nitrogen and oxygen atoms in total. The summed E-state index contributed by atoms with van der Waals surface area (Å²) in [5, 5.41) is 18.5. The van der Waals surface area contributed by atoms with E-state index in [-0.39, 0.29) is 12.2 Å². The van der Waals surface area contributed by atoms with Gasteiger partial charge >= 0.3 is 5.97 Å². The molecule has 0 amide bonds. The van der Waals surface area contributed by atoms with Crippen molar-refractivity contribution in [3.8, 4) is 5.75 Å². The number of hydrogen-bond donors (Lipinski definition) is 2. The number of carbonyl (C=O) groups excluding carboxylic acids is 1. The lowest BCUT2D eigenvalue weighted by Gasteiger charge is -2.11. The summed E-state index contributed by atoms with van der Waals surface area (Å²) < 4.78 is 5.63. The highest BCUT2D eigenvalue weighted by atomic mass is 16.5. The number of carboxylic acids is 1. The largest absolute Gasteiger partial charge is 0.507 e. The Morgan fingerprint density at radius 2 is 1.59 bits per heavy atom. The number of aliphatic hydroxyl groups excluding tert-OH is 1. The maximum atomic E-state index is 11.1. The SMILES string of the molecule is O=C(O)C(=O)/C=C(\O)c1ccccc1OCc1ccccc1. The lowest BCUT2D eigenvalue weighted by molar-refractivity contribution is -0.146. The lowest BCUT2D eigenvalue weighted by atomic mass is 10.1. The number of rotatable bonds is 6. The molecule has 2 aromatic rings. The maximum absolute atomic E-state index is 11.1. The molecular formula is C17H14O5. The fraction of sp³-hybridized carbons (Fsp3) is 0.0588. The fourth-order valence-corrected chi connectivity index (χ4v) is 1.80. The van der Waals surface area contributed by atoms with Crippen LogP contribution in [-0.2, 0) is 16.2 Å². The Balaban J connectivity index is 2.20. The van der Waals surface area contributed by atoms with Crippen molar-refractivity contribution in [3.63, 3.8) is 0 Å². The van der Waals surface area contributed by atoms with Crippen molar-refractivity contribution in [2.45, 2.75) is 6.61 Å². The lowest BCUT2D eigenvalue weighted by Crippen LogP contribution is -2.09. The molecule has 0 unspecified atom stereocenters. The van der Waals surface area contributed by atoms with Crippen LogP contribution < -0.4 is 4.74 Å². The second-order valence-electron chi connectivity index (χ2n) is 4.47. The van der Waals surface area contributed by atoms with E-state index >= 15 is 0 Å². The Kier molecular flexibility index (Phi) is 4.93. The number of aliphatic hydroxyl groups is 1. The van der Waals surface area contributed by atoms with E-state index in [0.717, 1.165) is 5.56 Å². The van der Waals surface area contributed by atoms with Gasteiger partial charge in [0.1, 0.15) is 18.1 Å². The van der Waals surface area contributed by atoms with E-state index in [9.17, 15) is 14.7 Å². The van der Waals surface area contributed by atoms with E-state index in [1.807, 2.05) is 30.3 Å². The summed E-state index contributed by atoms with van der Waals surface area (Å²) in [6.45, 7) is 0.290. The Labute approximate surface area is 127 Å². The second kappa shape index (κ2) is 7.08. The van der Waals surface area contributed by atoms with Crippen LogP contribution in [-0.4, -0.2) is 22.0 Å². The number of para-hydroxylation sites is 1. The molecule has 2 aromatic carbocycles. The highest BCUT2D eigenvalue weighted by Crippen LogP contribution is 2.25. The minimum absolute atomic E-state index is 0.257. The van der Waals surface area contributed by atoms with Crippen molar-refractivity contribution in [1.29, 1.82) is 0 Å². The monoisotopic (exact) mass is 298 g/mol. The summed E-state index contributed by atoms with van der Waals surface area (Å²) in [5.41, 5.74) is 1.20. The first-order valence-corrected chi connectivity index (χ1v) is 6.52. The van der Waals surface area contributed by atoms with Crippen molar-refractivity contribution >= 4 is 17.5 Å². The topological polar surface area (TPSA) is 83.8 Å². The van der Waals surface area contributed by atoms with Gasteiger partial charge in [0.05, 0.1) is 5.56 Å². The van der Waals surface area contributed by atoms with E-state index in [1.165, 1.54) is 0 Å². The Morgan fingerprint density at radius 3 is 2.27 bits per heavy atom. The third-order valence-electron chi connectivity index (χ3n) is 2.88. The van der Waals surface area contributed by atoms with Gasteiger partial charge in [-0.25, -0.2) is 4.79 Å². The Morgan fingerprint density at radius 1 is 0.955 bits per heavy atom. The standard InChI is InChI=1S/C17H14O5/c18-14(10-15(19)17(20)21)13-8-4-5-9-16(13)22-11-12-6-2-1-3-7-12/h1-10,18H,11H2,(H,20,21)/b14-10-. The molecule has 2 rings (SSSR count). The van der Waals surface area contributed by atoms with Crippen LogP contribution in [0, 0.1) is 0 Å². The van der Waals surface area contributed by atoms with E-state index in [2.05, 4.69) is 0 Å². The molecule has 5 heteroatoms. The first-order valence-electron chi connectivity index (χ1n) is 6.52. The molecule has 0 fully saturated rings. The molecular weight excluding hydrogens is 284 g/mol. The van der Waals surface area contributed by atoms with Crippen LogP contribution in [0.1, 0.15) is 11.1 Å². The second-order valence-corrected chi connectivity index (χ2v) is 4.47. The van der Waals surface area contributed by atoms with Gasteiger partial charge in [-0.05, 0) is 17.7 Å². The molecule has 0 radical (unpaired) electrons. The summed E-state index contributed by atoms with van der Waals surface area (Å²) in [6.07, 6.45) is 0.660. The molecule has 0 aliphatic carbocycles. The van der Waals surface area contributed by atoms with Crippen LogP contribution in [0.3, 0.4) is 0 Å². The number of benzene rings is 2. The molecule has 0 heterocycles. The molecule has 0 spiro atoms. The van der Waals surface area contributed by atoms with Crippen LogP contribution in [0.25, 0.3) is 5.76 Å². The van der Waals surface area contributed by atoms with Gasteiger partial charge in [-0.1, -0.05) is 42.5 Å². The van der Waals surface area contributed by atoms with Gasteiger partial charge in [0.25, 0.3) is 5.78 Å². The predicted octanol–water partition coefficient (Wildman–Crippen LogP) is 2.82. The first kappa shape index (κ1) is 15.3. The van der Waals surface area contributed by atoms with Crippen LogP contribution >= 0.6 is 0 Å². The van der Waals surface area contributed by atoms with Crippen LogP contribution in [0.5, 0.6) is 5.75 Å². The normalized spacial score (nSPS) is 11.0. The first-order chi connectivity index (χ1) is 10.6. The van der Waals surface area contributed by atoms with Crippen molar-refractivity contribution in [2.24, 2.45) is 0 Å². The summed E-state index contributed by atoms with van der Waals surface area (Å²) in [4.78, 5) is 21.7.